The number of aromatic nitrogens is 3. The van der Waals surface area contributed by atoms with E-state index in [1.165, 1.54) is 12.8 Å². The molecule has 0 spiro atoms. The zero-order chi connectivity index (χ0) is 19.0. The maximum Gasteiger partial charge on any atom is 0.329 e. The first kappa shape index (κ1) is 17.3. The van der Waals surface area contributed by atoms with Crippen molar-refractivity contribution in [1.29, 1.82) is 0 Å². The third kappa shape index (κ3) is 3.32. The first-order valence-electron chi connectivity index (χ1n) is 9.24. The smallest absolute Gasteiger partial charge is 0.329 e. The van der Waals surface area contributed by atoms with Crippen LogP contribution >= 0.6 is 0 Å². The monoisotopic (exact) mass is 365 g/mol. The Kier molecular flexibility index (Phi) is 4.43. The van der Waals surface area contributed by atoms with E-state index < -0.39 is 0 Å². The number of amides is 1. The van der Waals surface area contributed by atoms with Crippen molar-refractivity contribution >= 4 is 28.4 Å². The number of primary amides is 1. The molecule has 1 aliphatic rings. The van der Waals surface area contributed by atoms with Crippen LogP contribution in [0.25, 0.3) is 11.0 Å². The molecule has 4 rings (SSSR count). The summed E-state index contributed by atoms with van der Waals surface area (Å²) in [5, 5.41) is 3.27. The molecule has 1 saturated carbocycles. The zero-order valence-electron chi connectivity index (χ0n) is 15.3. The molecule has 7 heteroatoms. The number of imidazole rings is 1. The fraction of sp³-hybridized carbons (Fsp3) is 0.350. The Balaban J connectivity index is 1.66. The van der Waals surface area contributed by atoms with E-state index >= 15 is 0 Å². The van der Waals surface area contributed by atoms with Gasteiger partial charge >= 0.3 is 5.69 Å². The summed E-state index contributed by atoms with van der Waals surface area (Å²) in [6.07, 6.45) is 6.40. The lowest BCUT2D eigenvalue weighted by molar-refractivity contribution is -0.117. The Morgan fingerprint density at radius 3 is 2.59 bits per heavy atom. The molecular weight excluding hydrogens is 342 g/mol. The summed E-state index contributed by atoms with van der Waals surface area (Å²) in [6, 6.07) is 9.71. The molecule has 1 aromatic carbocycles. The average Bonchev–Trinajstić information content (AvgIpc) is 3.24. The molecule has 2 heterocycles. The maximum atomic E-state index is 12.7. The van der Waals surface area contributed by atoms with E-state index in [9.17, 15) is 9.59 Å². The van der Waals surface area contributed by atoms with Crippen LogP contribution in [0.5, 0.6) is 0 Å². The van der Waals surface area contributed by atoms with Crippen LogP contribution in [0.1, 0.15) is 37.3 Å². The molecule has 0 bridgehead atoms. The van der Waals surface area contributed by atoms with Crippen molar-refractivity contribution in [2.75, 3.05) is 5.32 Å². The molecular formula is C20H23N5O2. The third-order valence-electron chi connectivity index (χ3n) is 5.27. The number of carbonyl (C=O) groups is 1. The van der Waals surface area contributed by atoms with Crippen LogP contribution in [-0.2, 0) is 18.3 Å². The van der Waals surface area contributed by atoms with Gasteiger partial charge in [0, 0.05) is 24.8 Å². The van der Waals surface area contributed by atoms with Gasteiger partial charge in [-0.2, -0.15) is 0 Å². The molecule has 3 aromatic rings. The molecule has 7 nitrogen and oxygen atoms in total. The molecule has 0 atom stereocenters. The first-order valence-corrected chi connectivity index (χ1v) is 9.24. The van der Waals surface area contributed by atoms with Crippen molar-refractivity contribution in [1.82, 2.24) is 14.1 Å². The van der Waals surface area contributed by atoms with Crippen molar-refractivity contribution in [2.45, 2.75) is 38.1 Å². The van der Waals surface area contributed by atoms with Gasteiger partial charge in [0.15, 0.2) is 0 Å². The standard InChI is InChI=1S/C20H23N5O2/c1-24-17-12-22-19(23-14-8-6-13(7-9-14)10-18(21)26)11-16(17)25(20(24)27)15-4-2-3-5-15/h6-9,11-12,15H,2-5,10H2,1H3,(H2,21,26)(H,22,23). The van der Waals surface area contributed by atoms with Gasteiger partial charge in [-0.3, -0.25) is 13.9 Å². The number of rotatable bonds is 5. The van der Waals surface area contributed by atoms with Crippen LogP contribution < -0.4 is 16.7 Å². The molecule has 1 amide bonds. The minimum Gasteiger partial charge on any atom is -0.369 e. The van der Waals surface area contributed by atoms with Crippen molar-refractivity contribution in [3.8, 4) is 0 Å². The fourth-order valence-corrected chi connectivity index (χ4v) is 3.90. The van der Waals surface area contributed by atoms with Gasteiger partial charge < -0.3 is 11.1 Å². The highest BCUT2D eigenvalue weighted by Crippen LogP contribution is 2.31. The van der Waals surface area contributed by atoms with Crippen LogP contribution in [-0.4, -0.2) is 20.0 Å². The van der Waals surface area contributed by atoms with E-state index in [0.29, 0.717) is 5.82 Å². The molecule has 0 saturated heterocycles. The van der Waals surface area contributed by atoms with Crippen LogP contribution in [0.4, 0.5) is 11.5 Å². The van der Waals surface area contributed by atoms with Crippen molar-refractivity contribution < 1.29 is 4.79 Å². The van der Waals surface area contributed by atoms with Gasteiger partial charge in [-0.05, 0) is 30.5 Å². The lowest BCUT2D eigenvalue weighted by Crippen LogP contribution is -2.24. The van der Waals surface area contributed by atoms with Gasteiger partial charge in [-0.1, -0.05) is 25.0 Å². The quantitative estimate of drug-likeness (QED) is 0.727. The normalized spacial score (nSPS) is 14.7. The zero-order valence-corrected chi connectivity index (χ0v) is 15.3. The van der Waals surface area contributed by atoms with Crippen LogP contribution in [0.2, 0.25) is 0 Å². The number of anilines is 2. The molecule has 0 unspecified atom stereocenters. The third-order valence-corrected chi connectivity index (χ3v) is 5.27. The van der Waals surface area contributed by atoms with Gasteiger partial charge in [0.2, 0.25) is 5.91 Å². The first-order chi connectivity index (χ1) is 13.0. The number of nitrogens with one attached hydrogen (secondary N) is 1. The summed E-state index contributed by atoms with van der Waals surface area (Å²) in [6.45, 7) is 0. The summed E-state index contributed by atoms with van der Waals surface area (Å²) in [5.41, 5.74) is 8.73. The molecule has 0 radical (unpaired) electrons. The Hall–Kier alpha value is -3.09. The van der Waals surface area contributed by atoms with Gasteiger partial charge in [0.25, 0.3) is 0 Å². The number of hydrogen-bond donors (Lipinski definition) is 2. The number of pyridine rings is 1. The van der Waals surface area contributed by atoms with Crippen LogP contribution in [0, 0.1) is 0 Å². The van der Waals surface area contributed by atoms with Crippen LogP contribution in [0.15, 0.2) is 41.3 Å². The molecule has 1 fully saturated rings. The van der Waals surface area contributed by atoms with Crippen molar-refractivity contribution in [3.05, 3.63) is 52.6 Å². The summed E-state index contributed by atoms with van der Waals surface area (Å²) < 4.78 is 3.59. The predicted octanol–water partition coefficient (Wildman–Crippen LogP) is 2.62. The number of carbonyl (C=O) groups excluding carboxylic acids is 1. The van der Waals surface area contributed by atoms with Crippen molar-refractivity contribution in [3.63, 3.8) is 0 Å². The Bertz CT molecular complexity index is 1040. The summed E-state index contributed by atoms with van der Waals surface area (Å²) in [4.78, 5) is 28.2. The number of nitrogens with zero attached hydrogens (tertiary/aromatic N) is 3. The number of nitrogens with two attached hydrogens (primary N) is 1. The van der Waals surface area contributed by atoms with Gasteiger partial charge in [-0.15, -0.1) is 0 Å². The van der Waals surface area contributed by atoms with Gasteiger partial charge in [-0.25, -0.2) is 9.78 Å². The molecule has 1 aliphatic carbocycles. The topological polar surface area (TPSA) is 94.9 Å². The average molecular weight is 365 g/mol. The second kappa shape index (κ2) is 6.90. The van der Waals surface area contributed by atoms with Gasteiger partial charge in [0.1, 0.15) is 5.82 Å². The highest BCUT2D eigenvalue weighted by Gasteiger charge is 2.23. The number of hydrogen-bond acceptors (Lipinski definition) is 4. The molecule has 140 valence electrons. The van der Waals surface area contributed by atoms with E-state index in [2.05, 4.69) is 10.3 Å². The minimum atomic E-state index is -0.350. The minimum absolute atomic E-state index is 0.0201. The summed E-state index contributed by atoms with van der Waals surface area (Å²) in [7, 11) is 1.79. The van der Waals surface area contributed by atoms with E-state index in [1.807, 2.05) is 34.9 Å². The van der Waals surface area contributed by atoms with E-state index in [1.54, 1.807) is 17.8 Å². The highest BCUT2D eigenvalue weighted by molar-refractivity contribution is 5.79. The highest BCUT2D eigenvalue weighted by atomic mass is 16.2. The van der Waals surface area contributed by atoms with E-state index in [4.69, 9.17) is 5.73 Å². The fourth-order valence-electron chi connectivity index (χ4n) is 3.90. The lowest BCUT2D eigenvalue weighted by atomic mass is 10.1. The van der Waals surface area contributed by atoms with E-state index in [-0.39, 0.29) is 24.1 Å². The molecule has 27 heavy (non-hydrogen) atoms. The predicted molar refractivity (Wildman–Crippen MR) is 105 cm³/mol. The largest absolute Gasteiger partial charge is 0.369 e. The Morgan fingerprint density at radius 1 is 1.22 bits per heavy atom. The number of fused-ring (bicyclic) bond motifs is 1. The maximum absolute atomic E-state index is 12.7. The molecule has 2 aromatic heterocycles. The Labute approximate surface area is 156 Å². The van der Waals surface area contributed by atoms with Crippen molar-refractivity contribution in [2.24, 2.45) is 12.8 Å². The number of benzene rings is 1. The Morgan fingerprint density at radius 2 is 1.93 bits per heavy atom. The lowest BCUT2D eigenvalue weighted by Gasteiger charge is -2.12. The summed E-state index contributed by atoms with van der Waals surface area (Å²) >= 11 is 0. The van der Waals surface area contributed by atoms with Gasteiger partial charge in [0.05, 0.1) is 23.7 Å². The SMILES string of the molecule is Cn1c(=O)n(C2CCCC2)c2cc(Nc3ccc(CC(N)=O)cc3)ncc21. The van der Waals surface area contributed by atoms with E-state index in [0.717, 1.165) is 35.1 Å². The molecule has 3 N–H and O–H groups in total. The second-order valence-corrected chi connectivity index (χ2v) is 7.17. The number of aryl methyl sites for hydroxylation is 1. The summed E-state index contributed by atoms with van der Waals surface area (Å²) in [5.74, 6) is 0.333. The van der Waals surface area contributed by atoms with Crippen LogP contribution in [0.3, 0.4) is 0 Å². The molecule has 0 aliphatic heterocycles. The second-order valence-electron chi connectivity index (χ2n) is 7.17.